The first-order valence-electron chi connectivity index (χ1n) is 4.95. The third-order valence-electron chi connectivity index (χ3n) is 2.14. The molecule has 0 aliphatic heterocycles. The van der Waals surface area contributed by atoms with Crippen LogP contribution in [0.15, 0.2) is 23.2 Å². The molecule has 86 valence electrons. The van der Waals surface area contributed by atoms with Gasteiger partial charge < -0.3 is 14.5 Å². The second-order valence-electron chi connectivity index (χ2n) is 3.57. The SMILES string of the molecule is COCC(C)Nc1nc(Br)cn2ccnc12. The number of nitrogens with one attached hydrogen (secondary N) is 1. The molecule has 0 spiro atoms. The molecule has 5 nitrogen and oxygen atoms in total. The fourth-order valence-electron chi connectivity index (χ4n) is 1.52. The van der Waals surface area contributed by atoms with Crippen LogP contribution in [0.5, 0.6) is 0 Å². The van der Waals surface area contributed by atoms with E-state index in [9.17, 15) is 0 Å². The number of imidazole rings is 1. The second kappa shape index (κ2) is 4.80. The minimum atomic E-state index is 0.187. The monoisotopic (exact) mass is 284 g/mol. The quantitative estimate of drug-likeness (QED) is 0.932. The van der Waals surface area contributed by atoms with E-state index in [1.807, 2.05) is 23.7 Å². The molecular weight excluding hydrogens is 272 g/mol. The van der Waals surface area contributed by atoms with Crippen molar-refractivity contribution in [2.24, 2.45) is 0 Å². The molecule has 2 aromatic rings. The maximum absolute atomic E-state index is 5.07. The van der Waals surface area contributed by atoms with E-state index in [4.69, 9.17) is 4.74 Å². The van der Waals surface area contributed by atoms with E-state index in [0.29, 0.717) is 6.61 Å². The number of ether oxygens (including phenoxy) is 1. The van der Waals surface area contributed by atoms with Gasteiger partial charge in [-0.1, -0.05) is 0 Å². The third kappa shape index (κ3) is 2.33. The van der Waals surface area contributed by atoms with Crippen LogP contribution in [0.4, 0.5) is 5.82 Å². The summed E-state index contributed by atoms with van der Waals surface area (Å²) in [5.74, 6) is 0.754. The van der Waals surface area contributed by atoms with Crippen LogP contribution in [0.2, 0.25) is 0 Å². The highest BCUT2D eigenvalue weighted by Gasteiger charge is 2.09. The van der Waals surface area contributed by atoms with Crippen molar-refractivity contribution in [2.45, 2.75) is 13.0 Å². The van der Waals surface area contributed by atoms with E-state index in [0.717, 1.165) is 16.1 Å². The molecule has 0 bridgehead atoms. The summed E-state index contributed by atoms with van der Waals surface area (Å²) in [4.78, 5) is 8.61. The summed E-state index contributed by atoms with van der Waals surface area (Å²) < 4.78 is 7.75. The Kier molecular flexibility index (Phi) is 3.40. The van der Waals surface area contributed by atoms with Gasteiger partial charge in [0, 0.05) is 31.7 Å². The van der Waals surface area contributed by atoms with Crippen LogP contribution in [0.3, 0.4) is 0 Å². The summed E-state index contributed by atoms with van der Waals surface area (Å²) in [5, 5.41) is 3.26. The highest BCUT2D eigenvalue weighted by molar-refractivity contribution is 9.10. The molecule has 1 atom stereocenters. The van der Waals surface area contributed by atoms with Crippen molar-refractivity contribution in [2.75, 3.05) is 19.0 Å². The molecular formula is C10H13BrN4O. The predicted molar refractivity (Wildman–Crippen MR) is 65.6 cm³/mol. The molecule has 2 heterocycles. The zero-order chi connectivity index (χ0) is 11.5. The first-order valence-corrected chi connectivity index (χ1v) is 5.74. The standard InChI is InChI=1S/C10H13BrN4O/c1-7(6-16-2)13-9-10-12-3-4-15(10)5-8(11)14-9/h3-5,7H,6H2,1-2H3,(H,13,14). The summed E-state index contributed by atoms with van der Waals surface area (Å²) in [5.41, 5.74) is 0.811. The van der Waals surface area contributed by atoms with Gasteiger partial charge in [0.1, 0.15) is 4.60 Å². The first kappa shape index (κ1) is 11.3. The van der Waals surface area contributed by atoms with Crippen molar-refractivity contribution in [3.63, 3.8) is 0 Å². The van der Waals surface area contributed by atoms with Crippen LogP contribution in [-0.4, -0.2) is 34.1 Å². The van der Waals surface area contributed by atoms with Gasteiger partial charge in [0.05, 0.1) is 6.61 Å². The molecule has 0 fully saturated rings. The van der Waals surface area contributed by atoms with Gasteiger partial charge in [-0.15, -0.1) is 0 Å². The molecule has 0 amide bonds. The van der Waals surface area contributed by atoms with Gasteiger partial charge in [-0.25, -0.2) is 9.97 Å². The maximum atomic E-state index is 5.07. The van der Waals surface area contributed by atoms with Crippen molar-refractivity contribution < 1.29 is 4.74 Å². The smallest absolute Gasteiger partial charge is 0.180 e. The molecule has 1 N–H and O–H groups in total. The molecule has 0 aromatic carbocycles. The summed E-state index contributed by atoms with van der Waals surface area (Å²) in [6.07, 6.45) is 5.50. The minimum absolute atomic E-state index is 0.187. The van der Waals surface area contributed by atoms with Gasteiger partial charge in [0.25, 0.3) is 0 Å². The lowest BCUT2D eigenvalue weighted by Crippen LogP contribution is -2.22. The molecule has 0 aliphatic carbocycles. The van der Waals surface area contributed by atoms with Gasteiger partial charge in [-0.05, 0) is 22.9 Å². The van der Waals surface area contributed by atoms with E-state index in [-0.39, 0.29) is 6.04 Å². The number of nitrogens with zero attached hydrogens (tertiary/aromatic N) is 3. The molecule has 6 heteroatoms. The Hall–Kier alpha value is -1.14. The number of halogens is 1. The molecule has 0 saturated heterocycles. The Morgan fingerprint density at radius 2 is 2.44 bits per heavy atom. The normalized spacial score (nSPS) is 12.9. The van der Waals surface area contributed by atoms with Crippen molar-refractivity contribution in [1.29, 1.82) is 0 Å². The number of methoxy groups -OCH3 is 1. The Morgan fingerprint density at radius 3 is 3.19 bits per heavy atom. The zero-order valence-electron chi connectivity index (χ0n) is 9.14. The van der Waals surface area contributed by atoms with Crippen LogP contribution in [0.1, 0.15) is 6.92 Å². The van der Waals surface area contributed by atoms with Crippen molar-refractivity contribution in [3.05, 3.63) is 23.2 Å². The van der Waals surface area contributed by atoms with Gasteiger partial charge in [-0.2, -0.15) is 0 Å². The minimum Gasteiger partial charge on any atom is -0.383 e. The summed E-state index contributed by atoms with van der Waals surface area (Å²) in [6.45, 7) is 2.66. The third-order valence-corrected chi connectivity index (χ3v) is 2.53. The molecule has 0 radical (unpaired) electrons. The van der Waals surface area contributed by atoms with E-state index >= 15 is 0 Å². The highest BCUT2D eigenvalue weighted by atomic mass is 79.9. The summed E-state index contributed by atoms with van der Waals surface area (Å²) >= 11 is 3.37. The Labute approximate surface area is 102 Å². The lowest BCUT2D eigenvalue weighted by Gasteiger charge is -2.14. The van der Waals surface area contributed by atoms with Gasteiger partial charge in [0.2, 0.25) is 0 Å². The lowest BCUT2D eigenvalue weighted by atomic mass is 10.3. The second-order valence-corrected chi connectivity index (χ2v) is 4.38. The molecule has 0 aliphatic rings. The molecule has 2 rings (SSSR count). The average Bonchev–Trinajstić information content (AvgIpc) is 2.65. The highest BCUT2D eigenvalue weighted by Crippen LogP contribution is 2.17. The number of fused-ring (bicyclic) bond motifs is 1. The zero-order valence-corrected chi connectivity index (χ0v) is 10.7. The fraction of sp³-hybridized carbons (Fsp3) is 0.400. The van der Waals surface area contributed by atoms with Crippen LogP contribution in [-0.2, 0) is 4.74 Å². The van der Waals surface area contributed by atoms with Gasteiger partial charge in [-0.3, -0.25) is 0 Å². The van der Waals surface area contributed by atoms with Crippen LogP contribution in [0.25, 0.3) is 5.65 Å². The van der Waals surface area contributed by atoms with Crippen molar-refractivity contribution >= 4 is 27.4 Å². The van der Waals surface area contributed by atoms with Crippen LogP contribution >= 0.6 is 15.9 Å². The van der Waals surface area contributed by atoms with E-state index in [1.165, 1.54) is 0 Å². The Balaban J connectivity index is 2.31. The summed E-state index contributed by atoms with van der Waals surface area (Å²) in [7, 11) is 1.68. The molecule has 16 heavy (non-hydrogen) atoms. The Morgan fingerprint density at radius 1 is 1.62 bits per heavy atom. The number of rotatable bonds is 4. The van der Waals surface area contributed by atoms with Crippen molar-refractivity contribution in [3.8, 4) is 0 Å². The molecule has 1 unspecified atom stereocenters. The molecule has 0 saturated carbocycles. The maximum Gasteiger partial charge on any atom is 0.180 e. The largest absolute Gasteiger partial charge is 0.383 e. The number of anilines is 1. The lowest BCUT2D eigenvalue weighted by molar-refractivity contribution is 0.190. The number of hydrogen-bond donors (Lipinski definition) is 1. The average molecular weight is 285 g/mol. The van der Waals surface area contributed by atoms with E-state index in [2.05, 4.69) is 31.2 Å². The van der Waals surface area contributed by atoms with E-state index in [1.54, 1.807) is 13.3 Å². The fourth-order valence-corrected chi connectivity index (χ4v) is 1.92. The first-order chi connectivity index (χ1) is 7.70. The van der Waals surface area contributed by atoms with Gasteiger partial charge >= 0.3 is 0 Å². The topological polar surface area (TPSA) is 51.5 Å². The Bertz CT molecular complexity index is 485. The van der Waals surface area contributed by atoms with Crippen LogP contribution < -0.4 is 5.32 Å². The van der Waals surface area contributed by atoms with E-state index < -0.39 is 0 Å². The summed E-state index contributed by atoms with van der Waals surface area (Å²) in [6, 6.07) is 0.187. The number of hydrogen-bond acceptors (Lipinski definition) is 4. The number of aromatic nitrogens is 3. The van der Waals surface area contributed by atoms with Gasteiger partial charge in [0.15, 0.2) is 11.5 Å². The van der Waals surface area contributed by atoms with Crippen LogP contribution in [0, 0.1) is 0 Å². The predicted octanol–water partition coefficient (Wildman–Crippen LogP) is 1.94. The molecule has 2 aromatic heterocycles. The van der Waals surface area contributed by atoms with Crippen molar-refractivity contribution in [1.82, 2.24) is 14.4 Å².